The van der Waals surface area contributed by atoms with Crippen molar-refractivity contribution in [2.75, 3.05) is 53.1 Å². The number of benzene rings is 1. The molecule has 3 fully saturated rings. The molecule has 0 bridgehead atoms. The fraction of sp³-hybridized carbons (Fsp3) is 0.632. The van der Waals surface area contributed by atoms with Crippen LogP contribution in [0.25, 0.3) is 0 Å². The molecule has 2 aliphatic heterocycles. The van der Waals surface area contributed by atoms with Crippen LogP contribution in [-0.4, -0.2) is 69.5 Å². The van der Waals surface area contributed by atoms with Crippen LogP contribution in [0.2, 0.25) is 0 Å². The van der Waals surface area contributed by atoms with E-state index in [1.165, 1.54) is 0 Å². The number of methoxy groups -OCH3 is 1. The van der Waals surface area contributed by atoms with Gasteiger partial charge >= 0.3 is 0 Å². The van der Waals surface area contributed by atoms with Crippen molar-refractivity contribution < 1.29 is 19.0 Å². The van der Waals surface area contributed by atoms with Gasteiger partial charge in [0.25, 0.3) is 0 Å². The normalized spacial score (nSPS) is 28.4. The predicted molar refractivity (Wildman–Crippen MR) is 92.9 cm³/mol. The van der Waals surface area contributed by atoms with Gasteiger partial charge in [0, 0.05) is 19.6 Å². The summed E-state index contributed by atoms with van der Waals surface area (Å²) in [6, 6.07) is 7.92. The zero-order valence-corrected chi connectivity index (χ0v) is 14.8. The molecule has 6 nitrogen and oxygen atoms in total. The highest BCUT2D eigenvalue weighted by molar-refractivity contribution is 5.91. The summed E-state index contributed by atoms with van der Waals surface area (Å²) in [7, 11) is 1.66. The Morgan fingerprint density at radius 2 is 2.04 bits per heavy atom. The third-order valence-electron chi connectivity index (χ3n) is 5.57. The minimum atomic E-state index is -0.416. The van der Waals surface area contributed by atoms with E-state index in [1.54, 1.807) is 7.11 Å². The van der Waals surface area contributed by atoms with Gasteiger partial charge in [-0.1, -0.05) is 12.1 Å². The van der Waals surface area contributed by atoms with Crippen molar-refractivity contribution in [1.82, 2.24) is 10.2 Å². The molecular weight excluding hydrogens is 320 g/mol. The van der Waals surface area contributed by atoms with Crippen molar-refractivity contribution in [1.29, 1.82) is 0 Å². The van der Waals surface area contributed by atoms with Crippen LogP contribution in [0.15, 0.2) is 24.3 Å². The van der Waals surface area contributed by atoms with E-state index in [9.17, 15) is 4.79 Å². The van der Waals surface area contributed by atoms with Crippen molar-refractivity contribution in [2.24, 2.45) is 0 Å². The van der Waals surface area contributed by atoms with Crippen molar-refractivity contribution in [3.63, 3.8) is 0 Å². The zero-order chi connectivity index (χ0) is 17.3. The third kappa shape index (κ3) is 3.14. The highest BCUT2D eigenvalue weighted by Gasteiger charge is 2.54. The average molecular weight is 346 g/mol. The molecule has 1 aromatic rings. The number of carbonyl (C=O) groups excluding carboxylic acids is 1. The summed E-state index contributed by atoms with van der Waals surface area (Å²) in [5.41, 5.74) is 0.318. The summed E-state index contributed by atoms with van der Waals surface area (Å²) in [4.78, 5) is 15.3. The molecule has 1 spiro atoms. The van der Waals surface area contributed by atoms with Gasteiger partial charge in [0.2, 0.25) is 5.91 Å². The quantitative estimate of drug-likeness (QED) is 0.883. The fourth-order valence-corrected chi connectivity index (χ4v) is 3.95. The summed E-state index contributed by atoms with van der Waals surface area (Å²) in [6.45, 7) is 4.60. The van der Waals surface area contributed by atoms with Crippen molar-refractivity contribution in [2.45, 2.75) is 23.9 Å². The Morgan fingerprint density at radius 3 is 2.76 bits per heavy atom. The Morgan fingerprint density at radius 1 is 1.24 bits per heavy atom. The van der Waals surface area contributed by atoms with Crippen LogP contribution in [0.3, 0.4) is 0 Å². The monoisotopic (exact) mass is 346 g/mol. The molecule has 0 radical (unpaired) electrons. The third-order valence-corrected chi connectivity index (χ3v) is 5.57. The number of hydrogen-bond donors (Lipinski definition) is 1. The van der Waals surface area contributed by atoms with Gasteiger partial charge in [-0.25, -0.2) is 0 Å². The fourth-order valence-electron chi connectivity index (χ4n) is 3.95. The summed E-state index contributed by atoms with van der Waals surface area (Å²) >= 11 is 0. The maximum atomic E-state index is 13.3. The smallest absolute Gasteiger partial charge is 0.233 e. The number of ether oxygens (including phenoxy) is 3. The first-order valence-corrected chi connectivity index (χ1v) is 9.04. The van der Waals surface area contributed by atoms with Crippen LogP contribution in [0.5, 0.6) is 5.75 Å². The molecule has 1 amide bonds. The molecule has 1 N–H and O–H groups in total. The lowest BCUT2D eigenvalue weighted by molar-refractivity contribution is -0.160. The van der Waals surface area contributed by atoms with Crippen LogP contribution < -0.4 is 10.1 Å². The number of amides is 1. The van der Waals surface area contributed by atoms with Crippen LogP contribution >= 0.6 is 0 Å². The number of nitrogens with one attached hydrogen (secondary N) is 1. The lowest BCUT2D eigenvalue weighted by Crippen LogP contribution is -2.60. The molecule has 2 saturated heterocycles. The average Bonchev–Trinajstić information content (AvgIpc) is 3.48. The Bertz CT molecular complexity index is 619. The number of nitrogens with zero attached hydrogens (tertiary/aromatic N) is 1. The molecule has 136 valence electrons. The first kappa shape index (κ1) is 16.8. The summed E-state index contributed by atoms with van der Waals surface area (Å²) in [6.07, 6.45) is 1.83. The number of morpholine rings is 1. The van der Waals surface area contributed by atoms with Gasteiger partial charge in [-0.3, -0.25) is 4.79 Å². The van der Waals surface area contributed by atoms with Gasteiger partial charge < -0.3 is 24.4 Å². The van der Waals surface area contributed by atoms with Gasteiger partial charge in [0.1, 0.15) is 11.4 Å². The van der Waals surface area contributed by atoms with Crippen LogP contribution in [-0.2, 0) is 19.7 Å². The molecular formula is C19H26N2O4. The minimum Gasteiger partial charge on any atom is -0.497 e. The molecule has 1 unspecified atom stereocenters. The SMILES string of the molecule is COc1ccc(C2(C(=O)N3CCOC4(CNCCOC4)C3)CC2)cc1. The second-order valence-corrected chi connectivity index (χ2v) is 7.30. The molecule has 1 aromatic carbocycles. The van der Waals surface area contributed by atoms with E-state index in [0.717, 1.165) is 37.2 Å². The predicted octanol–water partition coefficient (Wildman–Crippen LogP) is 0.944. The minimum absolute atomic E-state index is 0.226. The first-order valence-electron chi connectivity index (χ1n) is 9.04. The lowest BCUT2D eigenvalue weighted by atomic mass is 9.92. The molecule has 2 heterocycles. The van der Waals surface area contributed by atoms with E-state index in [2.05, 4.69) is 5.32 Å². The molecule has 6 heteroatoms. The van der Waals surface area contributed by atoms with E-state index in [4.69, 9.17) is 14.2 Å². The van der Waals surface area contributed by atoms with E-state index < -0.39 is 5.60 Å². The van der Waals surface area contributed by atoms with E-state index in [0.29, 0.717) is 32.9 Å². The summed E-state index contributed by atoms with van der Waals surface area (Å²) in [5.74, 6) is 1.04. The molecule has 1 aliphatic carbocycles. The standard InChI is InChI=1S/C19H26N2O4/c1-23-16-4-2-15(3-5-16)19(6-7-19)17(22)21-9-11-25-18(13-21)12-20-8-10-24-14-18/h2-5,20H,6-14H2,1H3. The van der Waals surface area contributed by atoms with Gasteiger partial charge in [0.05, 0.1) is 38.9 Å². The van der Waals surface area contributed by atoms with Crippen molar-refractivity contribution >= 4 is 5.91 Å². The van der Waals surface area contributed by atoms with Crippen LogP contribution in [0.4, 0.5) is 0 Å². The maximum absolute atomic E-state index is 13.3. The van der Waals surface area contributed by atoms with E-state index in [-0.39, 0.29) is 11.3 Å². The molecule has 25 heavy (non-hydrogen) atoms. The second-order valence-electron chi connectivity index (χ2n) is 7.30. The highest BCUT2D eigenvalue weighted by atomic mass is 16.5. The molecule has 0 aromatic heterocycles. The Hall–Kier alpha value is -1.63. The van der Waals surface area contributed by atoms with Gasteiger partial charge in [-0.2, -0.15) is 0 Å². The van der Waals surface area contributed by atoms with Crippen LogP contribution in [0.1, 0.15) is 18.4 Å². The van der Waals surface area contributed by atoms with E-state index in [1.807, 2.05) is 29.2 Å². The molecule has 3 aliphatic rings. The van der Waals surface area contributed by atoms with Crippen molar-refractivity contribution in [3.05, 3.63) is 29.8 Å². The Labute approximate surface area is 148 Å². The number of rotatable bonds is 3. The largest absolute Gasteiger partial charge is 0.497 e. The maximum Gasteiger partial charge on any atom is 0.233 e. The lowest BCUT2D eigenvalue weighted by Gasteiger charge is -2.43. The van der Waals surface area contributed by atoms with Gasteiger partial charge in [-0.15, -0.1) is 0 Å². The summed E-state index contributed by atoms with van der Waals surface area (Å²) in [5, 5.41) is 3.36. The van der Waals surface area contributed by atoms with Crippen molar-refractivity contribution in [3.8, 4) is 5.75 Å². The van der Waals surface area contributed by atoms with Gasteiger partial charge in [0.15, 0.2) is 0 Å². The highest BCUT2D eigenvalue weighted by Crippen LogP contribution is 2.50. The molecule has 1 saturated carbocycles. The second kappa shape index (κ2) is 6.59. The number of carbonyl (C=O) groups is 1. The van der Waals surface area contributed by atoms with Gasteiger partial charge in [-0.05, 0) is 30.5 Å². The molecule has 1 atom stereocenters. The number of hydrogen-bond acceptors (Lipinski definition) is 5. The molecule has 4 rings (SSSR count). The zero-order valence-electron chi connectivity index (χ0n) is 14.8. The Balaban J connectivity index is 1.51. The summed E-state index contributed by atoms with van der Waals surface area (Å²) < 4.78 is 17.0. The van der Waals surface area contributed by atoms with E-state index >= 15 is 0 Å². The Kier molecular flexibility index (Phi) is 4.43. The van der Waals surface area contributed by atoms with Crippen LogP contribution in [0, 0.1) is 0 Å². The first-order chi connectivity index (χ1) is 12.2. The topological polar surface area (TPSA) is 60.0 Å².